The van der Waals surface area contributed by atoms with Crippen LogP contribution in [0.4, 0.5) is 0 Å². The highest BCUT2D eigenvalue weighted by atomic mass is 16.6. The van der Waals surface area contributed by atoms with Crippen LogP contribution in [0.25, 0.3) is 0 Å². The maximum atomic E-state index is 12.8. The Morgan fingerprint density at radius 1 is 0.857 bits per heavy atom. The summed E-state index contributed by atoms with van der Waals surface area (Å²) in [6.07, 6.45) is 0.447. The lowest BCUT2D eigenvalue weighted by molar-refractivity contribution is -0.146. The van der Waals surface area contributed by atoms with Crippen LogP contribution in [0, 0.1) is 11.8 Å². The van der Waals surface area contributed by atoms with Crippen LogP contribution in [0.15, 0.2) is 11.5 Å². The number of carboxylic acid groups (broad SMARTS) is 1. The van der Waals surface area contributed by atoms with Crippen LogP contribution in [-0.4, -0.2) is 187 Å². The minimum Gasteiger partial charge on any atom is -0.505 e. The van der Waals surface area contributed by atoms with E-state index in [1.807, 2.05) is 21.7 Å². The molecule has 3 rings (SSSR count). The van der Waals surface area contributed by atoms with E-state index in [4.69, 9.17) is 4.74 Å². The second-order valence-corrected chi connectivity index (χ2v) is 12.9. The molecule has 0 bridgehead atoms. The van der Waals surface area contributed by atoms with Crippen molar-refractivity contribution in [3.8, 4) is 0 Å². The molecule has 0 aromatic heterocycles. The first-order chi connectivity index (χ1) is 23.4. The topological polar surface area (TPSA) is 242 Å². The minimum atomic E-state index is -1.45. The molecule has 18 nitrogen and oxygen atoms in total. The minimum absolute atomic E-state index is 0.0122. The van der Waals surface area contributed by atoms with Crippen molar-refractivity contribution < 1.29 is 53.9 Å². The summed E-state index contributed by atoms with van der Waals surface area (Å²) in [6, 6.07) is 0. The SMILES string of the molecule is CN1CCN(CC=O)CCN(CC(=O)NCC(=O)NCC2CCC(C(=O)NCC(O)C3OC(=O)C(O)=C3O)CC2)CCN(CC(=O)O)CC1. The van der Waals surface area contributed by atoms with Gasteiger partial charge in [0.1, 0.15) is 12.4 Å². The fourth-order valence-electron chi connectivity index (χ4n) is 6.00. The molecule has 0 aromatic rings. The molecule has 1 saturated heterocycles. The van der Waals surface area contributed by atoms with Crippen molar-refractivity contribution in [3.63, 3.8) is 0 Å². The molecule has 3 aliphatic rings. The number of likely N-dealkylation sites (N-methyl/N-ethyl adjacent to an activating group) is 1. The summed E-state index contributed by atoms with van der Waals surface area (Å²) in [5.74, 6) is -4.97. The Balaban J connectivity index is 1.36. The van der Waals surface area contributed by atoms with Crippen LogP contribution >= 0.6 is 0 Å². The second kappa shape index (κ2) is 20.0. The molecular weight excluding hydrogens is 646 g/mol. The molecule has 2 atom stereocenters. The van der Waals surface area contributed by atoms with Crippen molar-refractivity contribution in [2.75, 3.05) is 98.7 Å². The van der Waals surface area contributed by atoms with Gasteiger partial charge >= 0.3 is 11.9 Å². The summed E-state index contributed by atoms with van der Waals surface area (Å²) in [4.78, 5) is 79.7. The van der Waals surface area contributed by atoms with Gasteiger partial charge in [-0.2, -0.15) is 0 Å². The van der Waals surface area contributed by atoms with Gasteiger partial charge in [-0.1, -0.05) is 0 Å². The van der Waals surface area contributed by atoms with Gasteiger partial charge in [0.15, 0.2) is 11.9 Å². The molecule has 1 aliphatic carbocycles. The molecule has 2 heterocycles. The van der Waals surface area contributed by atoms with Crippen LogP contribution < -0.4 is 16.0 Å². The van der Waals surface area contributed by atoms with Gasteiger partial charge in [-0.05, 0) is 38.6 Å². The van der Waals surface area contributed by atoms with E-state index in [9.17, 15) is 49.2 Å². The van der Waals surface area contributed by atoms with Crippen molar-refractivity contribution in [2.24, 2.45) is 11.8 Å². The maximum Gasteiger partial charge on any atom is 0.377 e. The van der Waals surface area contributed by atoms with Crippen LogP contribution in [0.5, 0.6) is 0 Å². The first-order valence-corrected chi connectivity index (χ1v) is 16.7. The second-order valence-electron chi connectivity index (χ2n) is 12.9. The van der Waals surface area contributed by atoms with E-state index in [-0.39, 0.29) is 62.3 Å². The Labute approximate surface area is 285 Å². The van der Waals surface area contributed by atoms with Crippen LogP contribution in [0.1, 0.15) is 25.7 Å². The molecule has 2 aliphatic heterocycles. The summed E-state index contributed by atoms with van der Waals surface area (Å²) in [5.41, 5.74) is 0. The third kappa shape index (κ3) is 13.5. The average molecular weight is 698 g/mol. The predicted molar refractivity (Wildman–Crippen MR) is 173 cm³/mol. The lowest BCUT2D eigenvalue weighted by Gasteiger charge is -2.32. The molecule has 276 valence electrons. The van der Waals surface area contributed by atoms with Gasteiger partial charge in [0, 0.05) is 71.4 Å². The standard InChI is InChI=1S/C31H51N7O11/c1-35-6-8-36(14-15-39)10-11-37(12-13-38(9-7-35)20-26(43)44)19-25(42)33-18-24(41)32-16-21-2-4-22(5-3-21)30(47)34-17-23(40)29-27(45)28(46)31(48)49-29/h15,21-23,29,40,45-46H,2-14,16-20H2,1H3,(H,32,41)(H,33,42)(H,34,47)(H,43,44). The summed E-state index contributed by atoms with van der Waals surface area (Å²) < 4.78 is 4.70. The summed E-state index contributed by atoms with van der Waals surface area (Å²) in [5, 5.41) is 46.6. The monoisotopic (exact) mass is 697 g/mol. The normalized spacial score (nSPS) is 24.6. The van der Waals surface area contributed by atoms with Crippen LogP contribution in [0.3, 0.4) is 0 Å². The molecule has 3 amide bonds. The average Bonchev–Trinajstić information content (AvgIpc) is 3.33. The van der Waals surface area contributed by atoms with Gasteiger partial charge in [-0.25, -0.2) is 4.79 Å². The molecule has 7 N–H and O–H groups in total. The summed E-state index contributed by atoms with van der Waals surface area (Å²) in [6.45, 7) is 4.58. The lowest BCUT2D eigenvalue weighted by atomic mass is 9.81. The highest BCUT2D eigenvalue weighted by Crippen LogP contribution is 2.28. The van der Waals surface area contributed by atoms with Crippen LogP contribution in [-0.2, 0) is 33.5 Å². The molecule has 0 aromatic carbocycles. The van der Waals surface area contributed by atoms with E-state index in [1.165, 1.54) is 0 Å². The molecule has 0 spiro atoms. The number of carbonyl (C=O) groups is 6. The number of nitrogens with one attached hydrogen (secondary N) is 3. The Hall–Kier alpha value is -3.84. The fraction of sp³-hybridized carbons (Fsp3) is 0.742. The largest absolute Gasteiger partial charge is 0.505 e. The highest BCUT2D eigenvalue weighted by molar-refractivity contribution is 5.89. The number of rotatable bonds is 14. The van der Waals surface area contributed by atoms with Gasteiger partial charge in [0.05, 0.1) is 26.2 Å². The zero-order chi connectivity index (χ0) is 35.9. The van der Waals surface area contributed by atoms with Crippen molar-refractivity contribution in [1.29, 1.82) is 0 Å². The summed E-state index contributed by atoms with van der Waals surface area (Å²) >= 11 is 0. The van der Waals surface area contributed by atoms with Gasteiger partial charge < -0.3 is 50.8 Å². The number of aliphatic hydroxyl groups is 3. The van der Waals surface area contributed by atoms with E-state index in [2.05, 4.69) is 20.9 Å². The Morgan fingerprint density at radius 3 is 2.04 bits per heavy atom. The molecule has 2 fully saturated rings. The van der Waals surface area contributed by atoms with Gasteiger partial charge in [-0.3, -0.25) is 33.9 Å². The number of hydrogen-bond acceptors (Lipinski definition) is 14. The van der Waals surface area contributed by atoms with Gasteiger partial charge in [0.25, 0.3) is 0 Å². The molecule has 49 heavy (non-hydrogen) atoms. The maximum absolute atomic E-state index is 12.8. The number of aldehydes is 1. The third-order valence-electron chi connectivity index (χ3n) is 9.15. The number of carbonyl (C=O) groups excluding carboxylic acids is 5. The first kappa shape index (κ1) is 39.6. The Bertz CT molecular complexity index is 1190. The lowest BCUT2D eigenvalue weighted by Crippen LogP contribution is -2.49. The molecular formula is C31H51N7O11. The van der Waals surface area contributed by atoms with Crippen molar-refractivity contribution in [2.45, 2.75) is 37.9 Å². The van der Waals surface area contributed by atoms with E-state index in [1.54, 1.807) is 0 Å². The van der Waals surface area contributed by atoms with E-state index >= 15 is 0 Å². The number of aliphatic hydroxyl groups excluding tert-OH is 3. The number of aliphatic carboxylic acids is 1. The van der Waals surface area contributed by atoms with E-state index in [0.717, 1.165) is 6.29 Å². The van der Waals surface area contributed by atoms with Crippen molar-refractivity contribution >= 4 is 35.9 Å². The predicted octanol–water partition coefficient (Wildman–Crippen LogP) is -3.11. The number of ether oxygens (including phenoxy) is 1. The Morgan fingerprint density at radius 2 is 1.45 bits per heavy atom. The quantitative estimate of drug-likeness (QED) is 0.0702. The smallest absolute Gasteiger partial charge is 0.377 e. The number of amides is 3. The van der Waals surface area contributed by atoms with Gasteiger partial charge in [-0.15, -0.1) is 0 Å². The number of esters is 1. The summed E-state index contributed by atoms with van der Waals surface area (Å²) in [7, 11) is 1.96. The highest BCUT2D eigenvalue weighted by Gasteiger charge is 2.39. The van der Waals surface area contributed by atoms with Crippen molar-refractivity contribution in [3.05, 3.63) is 11.5 Å². The zero-order valence-electron chi connectivity index (χ0n) is 28.1. The number of carboxylic acids is 1. The van der Waals surface area contributed by atoms with Crippen molar-refractivity contribution in [1.82, 2.24) is 35.6 Å². The number of cyclic esters (lactones) is 1. The molecule has 18 heteroatoms. The zero-order valence-corrected chi connectivity index (χ0v) is 28.1. The molecule has 1 saturated carbocycles. The Kier molecular flexibility index (Phi) is 16.1. The van der Waals surface area contributed by atoms with E-state index in [0.29, 0.717) is 84.6 Å². The first-order valence-electron chi connectivity index (χ1n) is 16.7. The molecule has 2 unspecified atom stereocenters. The van der Waals surface area contributed by atoms with Crippen LogP contribution in [0.2, 0.25) is 0 Å². The third-order valence-corrected chi connectivity index (χ3v) is 9.15. The number of hydrogen-bond donors (Lipinski definition) is 7. The van der Waals surface area contributed by atoms with Gasteiger partial charge in [0.2, 0.25) is 23.5 Å². The van der Waals surface area contributed by atoms with E-state index < -0.39 is 35.7 Å². The fourth-order valence-corrected chi connectivity index (χ4v) is 6.00. The molecule has 0 radical (unpaired) electrons. The number of nitrogens with zero attached hydrogens (tertiary/aromatic N) is 4.